The highest BCUT2D eigenvalue weighted by atomic mass is 19.4. The Kier molecular flexibility index (Phi) is 6.06. The molecule has 1 unspecified atom stereocenters. The number of ether oxygens (including phenoxy) is 1. The number of halogens is 3. The second kappa shape index (κ2) is 6.21. The van der Waals surface area contributed by atoms with Crippen molar-refractivity contribution >= 4 is 0 Å². The van der Waals surface area contributed by atoms with E-state index in [0.717, 1.165) is 4.90 Å². The van der Waals surface area contributed by atoms with Crippen molar-refractivity contribution in [3.63, 3.8) is 0 Å². The van der Waals surface area contributed by atoms with Gasteiger partial charge < -0.3 is 9.84 Å². The minimum Gasteiger partial charge on any atom is -0.389 e. The van der Waals surface area contributed by atoms with E-state index in [-0.39, 0.29) is 19.7 Å². The monoisotopic (exact) mass is 215 g/mol. The van der Waals surface area contributed by atoms with Crippen LogP contribution >= 0.6 is 0 Å². The summed E-state index contributed by atoms with van der Waals surface area (Å²) in [4.78, 5) is 1.13. The molecule has 1 N–H and O–H groups in total. The molecule has 0 bridgehead atoms. The van der Waals surface area contributed by atoms with Crippen LogP contribution in [0.4, 0.5) is 13.2 Å². The molecule has 0 aromatic rings. The molecule has 6 heteroatoms. The van der Waals surface area contributed by atoms with Gasteiger partial charge in [0.2, 0.25) is 0 Å². The lowest BCUT2D eigenvalue weighted by molar-refractivity contribution is -0.148. The van der Waals surface area contributed by atoms with E-state index >= 15 is 0 Å². The average molecular weight is 215 g/mol. The summed E-state index contributed by atoms with van der Waals surface area (Å²) >= 11 is 0. The predicted molar refractivity (Wildman–Crippen MR) is 46.1 cm³/mol. The summed E-state index contributed by atoms with van der Waals surface area (Å²) < 4.78 is 40.5. The largest absolute Gasteiger partial charge is 0.401 e. The van der Waals surface area contributed by atoms with Crippen LogP contribution in [0.5, 0.6) is 0 Å². The van der Waals surface area contributed by atoms with Gasteiger partial charge in [0.25, 0.3) is 0 Å². The van der Waals surface area contributed by atoms with Crippen molar-refractivity contribution in [2.24, 2.45) is 0 Å². The minimum atomic E-state index is -4.22. The van der Waals surface area contributed by atoms with Crippen molar-refractivity contribution in [1.82, 2.24) is 4.90 Å². The number of hydrogen-bond donors (Lipinski definition) is 1. The fraction of sp³-hybridized carbons (Fsp3) is 1.00. The first-order chi connectivity index (χ1) is 6.39. The van der Waals surface area contributed by atoms with Gasteiger partial charge in [-0.2, -0.15) is 13.2 Å². The van der Waals surface area contributed by atoms with Gasteiger partial charge in [0.1, 0.15) is 0 Å². The molecule has 86 valence electrons. The Morgan fingerprint density at radius 2 is 2.00 bits per heavy atom. The molecule has 0 aromatic heterocycles. The Morgan fingerprint density at radius 3 is 2.36 bits per heavy atom. The smallest absolute Gasteiger partial charge is 0.389 e. The number of methoxy groups -OCH3 is 1. The van der Waals surface area contributed by atoms with Crippen molar-refractivity contribution in [1.29, 1.82) is 0 Å². The topological polar surface area (TPSA) is 32.7 Å². The Morgan fingerprint density at radius 1 is 1.43 bits per heavy atom. The summed E-state index contributed by atoms with van der Waals surface area (Å²) in [7, 11) is 1.39. The number of likely N-dealkylation sites (N-methyl/N-ethyl adjacent to an activating group) is 1. The van der Waals surface area contributed by atoms with Gasteiger partial charge in [-0.25, -0.2) is 0 Å². The van der Waals surface area contributed by atoms with E-state index in [1.165, 1.54) is 7.11 Å². The summed E-state index contributed by atoms with van der Waals surface area (Å²) in [5.74, 6) is 0. The molecule has 0 radical (unpaired) electrons. The zero-order valence-electron chi connectivity index (χ0n) is 8.34. The Bertz CT molecular complexity index is 152. The van der Waals surface area contributed by atoms with Crippen molar-refractivity contribution in [3.05, 3.63) is 0 Å². The maximum absolute atomic E-state index is 12.0. The van der Waals surface area contributed by atoms with Crippen LogP contribution in [0.1, 0.15) is 6.92 Å². The first kappa shape index (κ1) is 13.7. The van der Waals surface area contributed by atoms with Gasteiger partial charge in [0.15, 0.2) is 0 Å². The van der Waals surface area contributed by atoms with Gasteiger partial charge in [-0.1, -0.05) is 6.92 Å². The molecule has 0 aliphatic heterocycles. The van der Waals surface area contributed by atoms with E-state index in [1.807, 2.05) is 0 Å². The number of aliphatic hydroxyl groups is 1. The summed E-state index contributed by atoms with van der Waals surface area (Å²) in [6.45, 7) is 0.897. The van der Waals surface area contributed by atoms with Gasteiger partial charge in [0.05, 0.1) is 19.3 Å². The molecular formula is C8H16F3NO2. The summed E-state index contributed by atoms with van der Waals surface area (Å²) in [6, 6.07) is 0. The van der Waals surface area contributed by atoms with Crippen LogP contribution in [0.15, 0.2) is 0 Å². The number of rotatable bonds is 6. The maximum Gasteiger partial charge on any atom is 0.401 e. The second-order valence-electron chi connectivity index (χ2n) is 3.05. The van der Waals surface area contributed by atoms with E-state index in [4.69, 9.17) is 0 Å². The van der Waals surface area contributed by atoms with Crippen molar-refractivity contribution in [2.75, 3.05) is 33.4 Å². The SMILES string of the molecule is CCN(CC(O)COC)CC(F)(F)F. The van der Waals surface area contributed by atoms with E-state index < -0.39 is 18.8 Å². The summed E-state index contributed by atoms with van der Waals surface area (Å²) in [5, 5.41) is 9.21. The molecule has 3 nitrogen and oxygen atoms in total. The number of alkyl halides is 3. The lowest BCUT2D eigenvalue weighted by Crippen LogP contribution is -2.40. The molecule has 1 atom stereocenters. The van der Waals surface area contributed by atoms with Gasteiger partial charge >= 0.3 is 6.18 Å². The fourth-order valence-electron chi connectivity index (χ4n) is 1.10. The van der Waals surface area contributed by atoms with Crippen molar-refractivity contribution in [2.45, 2.75) is 19.2 Å². The quantitative estimate of drug-likeness (QED) is 0.714. The third kappa shape index (κ3) is 7.11. The highest BCUT2D eigenvalue weighted by molar-refractivity contribution is 4.66. The molecule has 0 saturated carbocycles. The van der Waals surface area contributed by atoms with E-state index in [2.05, 4.69) is 4.74 Å². The van der Waals surface area contributed by atoms with Crippen LogP contribution in [0.2, 0.25) is 0 Å². The van der Waals surface area contributed by atoms with Crippen LogP contribution in [0.25, 0.3) is 0 Å². The highest BCUT2D eigenvalue weighted by Crippen LogP contribution is 2.16. The zero-order valence-corrected chi connectivity index (χ0v) is 8.34. The van der Waals surface area contributed by atoms with Crippen LogP contribution in [0, 0.1) is 0 Å². The van der Waals surface area contributed by atoms with Gasteiger partial charge in [-0.3, -0.25) is 4.90 Å². The zero-order chi connectivity index (χ0) is 11.2. The van der Waals surface area contributed by atoms with Gasteiger partial charge in [-0.05, 0) is 6.54 Å². The first-order valence-corrected chi connectivity index (χ1v) is 4.35. The van der Waals surface area contributed by atoms with Gasteiger partial charge in [-0.15, -0.1) is 0 Å². The number of hydrogen-bond acceptors (Lipinski definition) is 3. The van der Waals surface area contributed by atoms with Crippen LogP contribution in [-0.2, 0) is 4.74 Å². The lowest BCUT2D eigenvalue weighted by Gasteiger charge is -2.24. The highest BCUT2D eigenvalue weighted by Gasteiger charge is 2.30. The molecule has 0 heterocycles. The molecule has 0 fully saturated rings. The minimum absolute atomic E-state index is 0.0240. The van der Waals surface area contributed by atoms with Gasteiger partial charge in [0, 0.05) is 13.7 Å². The average Bonchev–Trinajstić information content (AvgIpc) is 2.01. The third-order valence-electron chi connectivity index (χ3n) is 1.68. The van der Waals surface area contributed by atoms with E-state index in [0.29, 0.717) is 0 Å². The molecule has 0 rings (SSSR count). The molecule has 0 amide bonds. The van der Waals surface area contributed by atoms with Crippen LogP contribution < -0.4 is 0 Å². The summed E-state index contributed by atoms with van der Waals surface area (Å²) in [5.41, 5.74) is 0. The number of aliphatic hydroxyl groups excluding tert-OH is 1. The standard InChI is InChI=1S/C8H16F3NO2/c1-3-12(6-8(9,10)11)4-7(13)5-14-2/h7,13H,3-6H2,1-2H3. The Balaban J connectivity index is 3.90. The van der Waals surface area contributed by atoms with Crippen molar-refractivity contribution < 1.29 is 23.0 Å². The molecular weight excluding hydrogens is 199 g/mol. The van der Waals surface area contributed by atoms with Crippen molar-refractivity contribution in [3.8, 4) is 0 Å². The molecule has 0 saturated heterocycles. The molecule has 0 aromatic carbocycles. The van der Waals surface area contributed by atoms with Crippen LogP contribution in [0.3, 0.4) is 0 Å². The second-order valence-corrected chi connectivity index (χ2v) is 3.05. The Hall–Kier alpha value is -0.330. The lowest BCUT2D eigenvalue weighted by atomic mass is 10.3. The first-order valence-electron chi connectivity index (χ1n) is 4.35. The molecule has 0 aliphatic rings. The summed E-state index contributed by atoms with van der Waals surface area (Å²) in [6.07, 6.45) is -5.09. The predicted octanol–water partition coefficient (Wildman–Crippen LogP) is 0.878. The number of nitrogens with zero attached hydrogens (tertiary/aromatic N) is 1. The third-order valence-corrected chi connectivity index (χ3v) is 1.68. The van der Waals surface area contributed by atoms with E-state index in [1.54, 1.807) is 6.92 Å². The Labute approximate surface area is 81.5 Å². The maximum atomic E-state index is 12.0. The van der Waals surface area contributed by atoms with E-state index in [9.17, 15) is 18.3 Å². The molecule has 14 heavy (non-hydrogen) atoms. The fourth-order valence-corrected chi connectivity index (χ4v) is 1.10. The van der Waals surface area contributed by atoms with Crippen LogP contribution in [-0.4, -0.2) is 55.6 Å². The molecule has 0 aliphatic carbocycles. The molecule has 0 spiro atoms. The normalized spacial score (nSPS) is 14.8.